The van der Waals surface area contributed by atoms with Gasteiger partial charge in [-0.1, -0.05) is 18.5 Å². The van der Waals surface area contributed by atoms with Crippen molar-refractivity contribution in [3.8, 4) is 5.75 Å². The van der Waals surface area contributed by atoms with E-state index in [-0.39, 0.29) is 12.4 Å². The number of hydrazone groups is 1. The van der Waals surface area contributed by atoms with Crippen LogP contribution < -0.4 is 10.2 Å². The van der Waals surface area contributed by atoms with E-state index in [1.807, 2.05) is 19.1 Å². The minimum atomic E-state index is -0.289. The number of halogens is 1. The topological polar surface area (TPSA) is 72.8 Å². The molecule has 0 aliphatic rings. The zero-order valence-electron chi connectivity index (χ0n) is 14.1. The van der Waals surface area contributed by atoms with Crippen LogP contribution in [-0.4, -0.2) is 30.4 Å². The molecule has 0 saturated heterocycles. The molecule has 0 fully saturated rings. The molecule has 0 aliphatic carbocycles. The van der Waals surface area contributed by atoms with Gasteiger partial charge in [0.15, 0.2) is 0 Å². The van der Waals surface area contributed by atoms with Gasteiger partial charge in [0, 0.05) is 5.38 Å². The van der Waals surface area contributed by atoms with Crippen LogP contribution in [0, 0.1) is 0 Å². The van der Waals surface area contributed by atoms with Crippen molar-refractivity contribution in [1.82, 2.24) is 4.98 Å². The molecule has 1 heterocycles. The monoisotopic (exact) mass is 381 g/mol. The first-order valence-corrected chi connectivity index (χ1v) is 9.19. The number of aromatic nitrogens is 1. The second-order valence-electron chi connectivity index (χ2n) is 5.03. The molecule has 0 unspecified atom stereocenters. The minimum Gasteiger partial charge on any atom is -0.492 e. The fourth-order valence-corrected chi connectivity index (χ4v) is 2.79. The summed E-state index contributed by atoms with van der Waals surface area (Å²) in [7, 11) is 0. The maximum absolute atomic E-state index is 11.4. The van der Waals surface area contributed by atoms with E-state index in [9.17, 15) is 4.79 Å². The molecule has 134 valence electrons. The van der Waals surface area contributed by atoms with Gasteiger partial charge >= 0.3 is 5.97 Å². The highest BCUT2D eigenvalue weighted by Gasteiger charge is 2.08. The number of benzene rings is 1. The standard InChI is InChI=1S/C17H20ClN3O3S/c1-3-7-24-15-6-5-12(8-14(15)18)10-19-21-17-20-13(11-25-17)9-16(22)23-4-2/h5-6,8,10-11H,3-4,7,9H2,1-2H3,(H,20,21). The maximum Gasteiger partial charge on any atom is 0.311 e. The highest BCUT2D eigenvalue weighted by molar-refractivity contribution is 7.13. The number of carbonyl (C=O) groups is 1. The largest absolute Gasteiger partial charge is 0.492 e. The number of hydrogen-bond donors (Lipinski definition) is 1. The van der Waals surface area contributed by atoms with Crippen LogP contribution in [0.25, 0.3) is 0 Å². The molecule has 6 nitrogen and oxygen atoms in total. The number of anilines is 1. The van der Waals surface area contributed by atoms with E-state index in [4.69, 9.17) is 21.1 Å². The lowest BCUT2D eigenvalue weighted by Gasteiger charge is -2.06. The Morgan fingerprint density at radius 2 is 2.28 bits per heavy atom. The molecule has 25 heavy (non-hydrogen) atoms. The van der Waals surface area contributed by atoms with E-state index in [1.54, 1.807) is 24.6 Å². The molecule has 0 saturated carbocycles. The molecule has 0 aliphatic heterocycles. The van der Waals surface area contributed by atoms with Crippen LogP contribution in [0.15, 0.2) is 28.7 Å². The Morgan fingerprint density at radius 1 is 1.44 bits per heavy atom. The first-order valence-electron chi connectivity index (χ1n) is 7.93. The van der Waals surface area contributed by atoms with E-state index in [1.165, 1.54) is 11.3 Å². The van der Waals surface area contributed by atoms with Gasteiger partial charge in [0.05, 0.1) is 36.6 Å². The molecule has 1 N–H and O–H groups in total. The fourth-order valence-electron chi connectivity index (χ4n) is 1.89. The van der Waals surface area contributed by atoms with Crippen molar-refractivity contribution in [1.29, 1.82) is 0 Å². The van der Waals surface area contributed by atoms with Crippen molar-refractivity contribution in [3.63, 3.8) is 0 Å². The van der Waals surface area contributed by atoms with E-state index in [0.29, 0.717) is 34.8 Å². The van der Waals surface area contributed by atoms with E-state index >= 15 is 0 Å². The quantitative estimate of drug-likeness (QED) is 0.401. The molecule has 2 rings (SSSR count). The van der Waals surface area contributed by atoms with Gasteiger partial charge in [-0.3, -0.25) is 10.2 Å². The van der Waals surface area contributed by atoms with Crippen LogP contribution >= 0.6 is 22.9 Å². The first-order chi connectivity index (χ1) is 12.1. The third kappa shape index (κ3) is 6.36. The number of nitrogens with one attached hydrogen (secondary N) is 1. The van der Waals surface area contributed by atoms with Crippen LogP contribution in [0.4, 0.5) is 5.13 Å². The van der Waals surface area contributed by atoms with Crippen molar-refractivity contribution in [3.05, 3.63) is 39.9 Å². The van der Waals surface area contributed by atoms with Gasteiger partial charge in [-0.05, 0) is 37.1 Å². The zero-order chi connectivity index (χ0) is 18.1. The van der Waals surface area contributed by atoms with Gasteiger partial charge in [-0.25, -0.2) is 4.98 Å². The molecule has 8 heteroatoms. The predicted molar refractivity (Wildman–Crippen MR) is 101 cm³/mol. The molecule has 0 spiro atoms. The average Bonchev–Trinajstić information content (AvgIpc) is 3.01. The van der Waals surface area contributed by atoms with Crippen LogP contribution in [0.3, 0.4) is 0 Å². The van der Waals surface area contributed by atoms with E-state index in [0.717, 1.165) is 12.0 Å². The van der Waals surface area contributed by atoms with E-state index in [2.05, 4.69) is 15.5 Å². The van der Waals surface area contributed by atoms with Gasteiger partial charge < -0.3 is 9.47 Å². The van der Waals surface area contributed by atoms with Crippen molar-refractivity contribution >= 4 is 40.3 Å². The van der Waals surface area contributed by atoms with Crippen LogP contribution in [0.5, 0.6) is 5.75 Å². The lowest BCUT2D eigenvalue weighted by molar-refractivity contribution is -0.142. The number of nitrogens with zero attached hydrogens (tertiary/aromatic N) is 2. The van der Waals surface area contributed by atoms with Crippen molar-refractivity contribution in [2.24, 2.45) is 5.10 Å². The molecule has 1 aromatic carbocycles. The van der Waals surface area contributed by atoms with Gasteiger partial charge in [-0.15, -0.1) is 11.3 Å². The minimum absolute atomic E-state index is 0.157. The van der Waals surface area contributed by atoms with Crippen LogP contribution in [-0.2, 0) is 16.0 Å². The Morgan fingerprint density at radius 3 is 3.00 bits per heavy atom. The molecule has 2 aromatic rings. The molecule has 1 aromatic heterocycles. The normalized spacial score (nSPS) is 10.8. The highest BCUT2D eigenvalue weighted by Crippen LogP contribution is 2.25. The van der Waals surface area contributed by atoms with Gasteiger partial charge in [0.2, 0.25) is 5.13 Å². The second-order valence-corrected chi connectivity index (χ2v) is 6.30. The third-order valence-corrected chi connectivity index (χ3v) is 4.07. The number of thiazole rings is 1. The molecule has 0 bridgehead atoms. The second kappa shape index (κ2) is 10.0. The summed E-state index contributed by atoms with van der Waals surface area (Å²) in [5.41, 5.74) is 4.33. The van der Waals surface area contributed by atoms with Crippen molar-refractivity contribution < 1.29 is 14.3 Å². The van der Waals surface area contributed by atoms with Crippen molar-refractivity contribution in [2.45, 2.75) is 26.7 Å². The summed E-state index contributed by atoms with van der Waals surface area (Å²) < 4.78 is 10.4. The van der Waals surface area contributed by atoms with E-state index < -0.39 is 0 Å². The number of rotatable bonds is 9. The summed E-state index contributed by atoms with van der Waals surface area (Å²) in [6.45, 7) is 4.81. The van der Waals surface area contributed by atoms with Crippen LogP contribution in [0.2, 0.25) is 5.02 Å². The highest BCUT2D eigenvalue weighted by atomic mass is 35.5. The number of carbonyl (C=O) groups excluding carboxylic acids is 1. The summed E-state index contributed by atoms with van der Waals surface area (Å²) in [5, 5.41) is 7.07. The van der Waals surface area contributed by atoms with Gasteiger partial charge in [0.25, 0.3) is 0 Å². The molecular weight excluding hydrogens is 362 g/mol. The third-order valence-electron chi connectivity index (χ3n) is 2.97. The maximum atomic E-state index is 11.4. The number of hydrogen-bond acceptors (Lipinski definition) is 7. The first kappa shape index (κ1) is 19.2. The zero-order valence-corrected chi connectivity index (χ0v) is 15.7. The summed E-state index contributed by atoms with van der Waals surface area (Å²) in [5.74, 6) is 0.375. The number of esters is 1. The van der Waals surface area contributed by atoms with Gasteiger partial charge in [-0.2, -0.15) is 5.10 Å². The average molecular weight is 382 g/mol. The Labute approximate surface area is 155 Å². The fraction of sp³-hybridized carbons (Fsp3) is 0.353. The molecule has 0 atom stereocenters. The van der Waals surface area contributed by atoms with Crippen LogP contribution in [0.1, 0.15) is 31.5 Å². The Bertz CT molecular complexity index is 734. The lowest BCUT2D eigenvalue weighted by atomic mass is 10.2. The predicted octanol–water partition coefficient (Wildman–Crippen LogP) is 4.14. The van der Waals surface area contributed by atoms with Crippen molar-refractivity contribution in [2.75, 3.05) is 18.6 Å². The van der Waals surface area contributed by atoms with Gasteiger partial charge in [0.1, 0.15) is 5.75 Å². The Hall–Kier alpha value is -2.12. The molecule has 0 amide bonds. The molecule has 0 radical (unpaired) electrons. The number of ether oxygens (including phenoxy) is 2. The smallest absolute Gasteiger partial charge is 0.311 e. The summed E-state index contributed by atoms with van der Waals surface area (Å²) in [6, 6.07) is 5.47. The lowest BCUT2D eigenvalue weighted by Crippen LogP contribution is -2.07. The summed E-state index contributed by atoms with van der Waals surface area (Å²) in [6.07, 6.45) is 2.72. The Balaban J connectivity index is 1.89. The summed E-state index contributed by atoms with van der Waals surface area (Å²) in [4.78, 5) is 15.7. The summed E-state index contributed by atoms with van der Waals surface area (Å²) >= 11 is 7.55. The molecular formula is C17H20ClN3O3S. The SMILES string of the molecule is CCCOc1ccc(C=NNc2nc(CC(=O)OCC)cs2)cc1Cl. The Kier molecular flexibility index (Phi) is 7.69.